The highest BCUT2D eigenvalue weighted by atomic mass is 35.5. The van der Waals surface area contributed by atoms with E-state index in [2.05, 4.69) is 0 Å². The van der Waals surface area contributed by atoms with Crippen LogP contribution < -0.4 is 5.43 Å². The van der Waals surface area contributed by atoms with Crippen molar-refractivity contribution in [2.24, 2.45) is 0 Å². The largest absolute Gasteiger partial charge is 0.477 e. The van der Waals surface area contributed by atoms with Crippen LogP contribution in [0.25, 0.3) is 10.9 Å². The monoisotopic (exact) mass is 465 g/mol. The van der Waals surface area contributed by atoms with Gasteiger partial charge in [0.15, 0.2) is 0 Å². The van der Waals surface area contributed by atoms with Crippen molar-refractivity contribution >= 4 is 28.5 Å². The van der Waals surface area contributed by atoms with Crippen LogP contribution in [0.1, 0.15) is 33.1 Å². The summed E-state index contributed by atoms with van der Waals surface area (Å²) in [6, 6.07) is 18.8. The van der Waals surface area contributed by atoms with Crippen LogP contribution in [-0.4, -0.2) is 27.4 Å². The Kier molecular flexibility index (Phi) is 6.58. The number of nitrogens with zero attached hydrogens (tertiary/aromatic N) is 1. The molecule has 5 nitrogen and oxygen atoms in total. The average Bonchev–Trinajstić information content (AvgIpc) is 2.81. The molecule has 2 N–H and O–H groups in total. The molecule has 0 saturated heterocycles. The summed E-state index contributed by atoms with van der Waals surface area (Å²) in [5.41, 5.74) is 1.45. The van der Waals surface area contributed by atoms with Gasteiger partial charge >= 0.3 is 5.97 Å². The molecule has 0 aliphatic heterocycles. The maximum absolute atomic E-state index is 14.4. The van der Waals surface area contributed by atoms with Gasteiger partial charge in [-0.25, -0.2) is 9.18 Å². The number of aromatic carboxylic acids is 1. The molecule has 0 spiro atoms. The third kappa shape index (κ3) is 4.67. The van der Waals surface area contributed by atoms with Crippen LogP contribution in [0.2, 0.25) is 5.02 Å². The lowest BCUT2D eigenvalue weighted by molar-refractivity contribution is 0.0694. The van der Waals surface area contributed by atoms with E-state index in [-0.39, 0.29) is 29.0 Å². The fraction of sp³-hybridized carbons (Fsp3) is 0.154. The third-order valence-corrected chi connectivity index (χ3v) is 5.96. The van der Waals surface area contributed by atoms with Crippen molar-refractivity contribution in [3.8, 4) is 0 Å². The fourth-order valence-electron chi connectivity index (χ4n) is 4.01. The Balaban J connectivity index is 1.84. The number of aliphatic hydroxyl groups is 1. The maximum Gasteiger partial charge on any atom is 0.341 e. The first kappa shape index (κ1) is 22.7. The lowest BCUT2D eigenvalue weighted by Crippen LogP contribution is -2.24. The number of fused-ring (bicyclic) bond motifs is 1. The number of benzene rings is 3. The Morgan fingerprint density at radius 3 is 2.48 bits per heavy atom. The quantitative estimate of drug-likeness (QED) is 0.408. The minimum Gasteiger partial charge on any atom is -0.477 e. The minimum atomic E-state index is -1.35. The van der Waals surface area contributed by atoms with Crippen LogP contribution in [0.4, 0.5) is 4.39 Å². The van der Waals surface area contributed by atoms with Gasteiger partial charge in [0.1, 0.15) is 11.4 Å². The summed E-state index contributed by atoms with van der Waals surface area (Å²) in [6.07, 6.45) is 1.92. The molecule has 7 heteroatoms. The van der Waals surface area contributed by atoms with Crippen molar-refractivity contribution in [1.82, 2.24) is 4.57 Å². The predicted octanol–water partition coefficient (Wildman–Crippen LogP) is 4.86. The van der Waals surface area contributed by atoms with E-state index >= 15 is 0 Å². The van der Waals surface area contributed by atoms with Crippen LogP contribution >= 0.6 is 11.6 Å². The minimum absolute atomic E-state index is 0.00973. The number of carbonyl (C=O) groups is 1. The molecular weight excluding hydrogens is 445 g/mol. The van der Waals surface area contributed by atoms with Gasteiger partial charge in [-0.2, -0.15) is 0 Å². The lowest BCUT2D eigenvalue weighted by Gasteiger charge is -2.22. The highest BCUT2D eigenvalue weighted by molar-refractivity contribution is 6.30. The number of halogens is 2. The molecule has 0 aliphatic carbocycles. The van der Waals surface area contributed by atoms with Crippen LogP contribution in [0.15, 0.2) is 77.7 Å². The number of hydrogen-bond donors (Lipinski definition) is 2. The van der Waals surface area contributed by atoms with E-state index in [4.69, 9.17) is 11.6 Å². The van der Waals surface area contributed by atoms with E-state index in [1.54, 1.807) is 34.9 Å². The zero-order chi connectivity index (χ0) is 23.5. The van der Waals surface area contributed by atoms with E-state index in [0.717, 1.165) is 5.56 Å². The van der Waals surface area contributed by atoms with Gasteiger partial charge in [-0.05, 0) is 41.3 Å². The Morgan fingerprint density at radius 2 is 1.79 bits per heavy atom. The second kappa shape index (κ2) is 9.57. The van der Waals surface area contributed by atoms with Crippen molar-refractivity contribution in [3.63, 3.8) is 0 Å². The van der Waals surface area contributed by atoms with E-state index < -0.39 is 23.3 Å². The summed E-state index contributed by atoms with van der Waals surface area (Å²) in [7, 11) is 0. The molecule has 3 aromatic carbocycles. The van der Waals surface area contributed by atoms with Gasteiger partial charge < -0.3 is 14.8 Å². The summed E-state index contributed by atoms with van der Waals surface area (Å²) < 4.78 is 16.0. The number of aliphatic hydroxyl groups excluding tert-OH is 1. The zero-order valence-corrected chi connectivity index (χ0v) is 18.3. The molecule has 0 radical (unpaired) electrons. The van der Waals surface area contributed by atoms with Gasteiger partial charge in [-0.3, -0.25) is 4.79 Å². The van der Waals surface area contributed by atoms with Crippen molar-refractivity contribution in [1.29, 1.82) is 0 Å². The summed E-state index contributed by atoms with van der Waals surface area (Å²) in [6.45, 7) is -0.249. The molecule has 4 rings (SSSR count). The Bertz CT molecular complexity index is 1380. The Hall–Kier alpha value is -3.48. The summed E-state index contributed by atoms with van der Waals surface area (Å²) >= 11 is 5.88. The molecule has 0 amide bonds. The highest BCUT2D eigenvalue weighted by Gasteiger charge is 2.20. The smallest absolute Gasteiger partial charge is 0.341 e. The summed E-state index contributed by atoms with van der Waals surface area (Å²) in [4.78, 5) is 24.8. The molecular formula is C26H21ClFNO4. The molecule has 1 atom stereocenters. The molecule has 4 aromatic rings. The van der Waals surface area contributed by atoms with Crippen LogP contribution in [0.5, 0.6) is 0 Å². The molecule has 0 saturated carbocycles. The second-order valence-corrected chi connectivity index (χ2v) is 8.26. The normalized spacial score (nSPS) is 12.1. The SMILES string of the molecule is O=C(O)c1cn([C@H](CO)Cc2ccccc2)c2ccc(Cc3cccc(Cl)c3F)cc2c1=O. The molecule has 1 aromatic heterocycles. The zero-order valence-electron chi connectivity index (χ0n) is 17.5. The molecule has 0 fully saturated rings. The van der Waals surface area contributed by atoms with Crippen molar-refractivity contribution in [2.75, 3.05) is 6.61 Å². The van der Waals surface area contributed by atoms with E-state index in [0.29, 0.717) is 23.1 Å². The number of hydrogen-bond acceptors (Lipinski definition) is 3. The highest BCUT2D eigenvalue weighted by Crippen LogP contribution is 2.25. The molecule has 0 unspecified atom stereocenters. The first-order valence-corrected chi connectivity index (χ1v) is 10.8. The fourth-order valence-corrected chi connectivity index (χ4v) is 4.20. The second-order valence-electron chi connectivity index (χ2n) is 7.85. The van der Waals surface area contributed by atoms with E-state index in [9.17, 15) is 24.2 Å². The molecule has 0 bridgehead atoms. The van der Waals surface area contributed by atoms with Gasteiger partial charge in [0.25, 0.3) is 0 Å². The van der Waals surface area contributed by atoms with Crippen LogP contribution in [0.3, 0.4) is 0 Å². The first-order chi connectivity index (χ1) is 15.9. The number of pyridine rings is 1. The maximum atomic E-state index is 14.4. The summed E-state index contributed by atoms with van der Waals surface area (Å²) in [5, 5.41) is 19.9. The molecule has 168 valence electrons. The Morgan fingerprint density at radius 1 is 1.03 bits per heavy atom. The van der Waals surface area contributed by atoms with Crippen molar-refractivity contribution in [3.05, 3.63) is 116 Å². The van der Waals surface area contributed by atoms with Gasteiger partial charge in [-0.1, -0.05) is 60.1 Å². The summed E-state index contributed by atoms with van der Waals surface area (Å²) in [5.74, 6) is -1.88. The third-order valence-electron chi connectivity index (χ3n) is 5.67. The number of aromatic nitrogens is 1. The standard InChI is InChI=1S/C26H21ClFNO4/c27-22-8-4-7-18(24(22)28)11-17-9-10-23-20(13-17)25(31)21(26(32)33)14-29(23)19(15-30)12-16-5-2-1-3-6-16/h1-10,13-14,19,30H,11-12,15H2,(H,32,33)/t19-/m0/s1. The van der Waals surface area contributed by atoms with Gasteiger partial charge in [0, 0.05) is 18.0 Å². The topological polar surface area (TPSA) is 79.5 Å². The van der Waals surface area contributed by atoms with Crippen molar-refractivity contribution < 1.29 is 19.4 Å². The lowest BCUT2D eigenvalue weighted by atomic mass is 10.00. The number of carboxylic acid groups (broad SMARTS) is 1. The Labute approximate surface area is 194 Å². The number of carboxylic acids is 1. The predicted molar refractivity (Wildman–Crippen MR) is 126 cm³/mol. The van der Waals surface area contributed by atoms with Gasteiger partial charge in [-0.15, -0.1) is 0 Å². The van der Waals surface area contributed by atoms with E-state index in [1.807, 2.05) is 30.3 Å². The molecule has 33 heavy (non-hydrogen) atoms. The molecule has 0 aliphatic rings. The first-order valence-electron chi connectivity index (χ1n) is 10.4. The van der Waals surface area contributed by atoms with Gasteiger partial charge in [0.05, 0.1) is 23.2 Å². The van der Waals surface area contributed by atoms with Crippen LogP contribution in [0, 0.1) is 5.82 Å². The van der Waals surface area contributed by atoms with Crippen molar-refractivity contribution in [2.45, 2.75) is 18.9 Å². The van der Waals surface area contributed by atoms with E-state index in [1.165, 1.54) is 12.3 Å². The average molecular weight is 466 g/mol. The van der Waals surface area contributed by atoms with Gasteiger partial charge in [0.2, 0.25) is 5.43 Å². The number of rotatable bonds is 7. The molecule has 1 heterocycles. The van der Waals surface area contributed by atoms with Crippen LogP contribution in [-0.2, 0) is 12.8 Å².